The average Bonchev–Trinajstić information content (AvgIpc) is 2.27. The van der Waals surface area contributed by atoms with E-state index < -0.39 is 0 Å². The monoisotopic (exact) mass is 238 g/mol. The zero-order valence-electron chi connectivity index (χ0n) is 11.0. The molecule has 1 aromatic rings. The smallest absolute Gasteiger partial charge is 0.123 e. The first kappa shape index (κ1) is 14.1. The van der Waals surface area contributed by atoms with E-state index in [1.54, 1.807) is 0 Å². The van der Waals surface area contributed by atoms with E-state index in [9.17, 15) is 4.39 Å². The highest BCUT2D eigenvalue weighted by Gasteiger charge is 2.00. The Kier molecular flexibility index (Phi) is 6.16. The number of benzene rings is 1. The second-order valence-corrected chi connectivity index (χ2v) is 4.83. The lowest BCUT2D eigenvalue weighted by Crippen LogP contribution is -2.27. The van der Waals surface area contributed by atoms with Gasteiger partial charge in [-0.05, 0) is 44.3 Å². The summed E-state index contributed by atoms with van der Waals surface area (Å²) in [7, 11) is 2.10. The lowest BCUT2D eigenvalue weighted by atomic mass is 10.2. The van der Waals surface area contributed by atoms with Gasteiger partial charge in [0.1, 0.15) is 5.82 Å². The lowest BCUT2D eigenvalue weighted by Gasteiger charge is -2.17. The predicted molar refractivity (Wildman–Crippen MR) is 70.5 cm³/mol. The Morgan fingerprint density at radius 2 is 1.88 bits per heavy atom. The number of nitrogens with one attached hydrogen (secondary N) is 1. The summed E-state index contributed by atoms with van der Waals surface area (Å²) in [6.07, 6.45) is 1.13. The minimum absolute atomic E-state index is 0.169. The van der Waals surface area contributed by atoms with E-state index in [-0.39, 0.29) is 5.82 Å². The van der Waals surface area contributed by atoms with Crippen LogP contribution in [0.1, 0.15) is 25.8 Å². The molecule has 0 atom stereocenters. The van der Waals surface area contributed by atoms with E-state index in [2.05, 4.69) is 31.1 Å². The van der Waals surface area contributed by atoms with Crippen LogP contribution in [0, 0.1) is 5.82 Å². The van der Waals surface area contributed by atoms with E-state index in [1.807, 2.05) is 12.1 Å². The molecule has 1 aromatic carbocycles. The van der Waals surface area contributed by atoms with Gasteiger partial charge in [0, 0.05) is 12.6 Å². The SMILES string of the molecule is CC(C)NCCCN(C)Cc1ccc(F)cc1. The van der Waals surface area contributed by atoms with Crippen LogP contribution < -0.4 is 5.32 Å². The first-order valence-corrected chi connectivity index (χ1v) is 6.24. The van der Waals surface area contributed by atoms with Crippen LogP contribution in [-0.2, 0) is 6.54 Å². The molecule has 0 aliphatic rings. The molecule has 0 amide bonds. The highest BCUT2D eigenvalue weighted by Crippen LogP contribution is 2.05. The van der Waals surface area contributed by atoms with Crippen molar-refractivity contribution in [1.29, 1.82) is 0 Å². The molecule has 1 N–H and O–H groups in total. The number of hydrogen-bond acceptors (Lipinski definition) is 2. The van der Waals surface area contributed by atoms with Crippen molar-refractivity contribution in [3.63, 3.8) is 0 Å². The minimum Gasteiger partial charge on any atom is -0.314 e. The fourth-order valence-corrected chi connectivity index (χ4v) is 1.72. The molecule has 96 valence electrons. The maximum absolute atomic E-state index is 12.7. The summed E-state index contributed by atoms with van der Waals surface area (Å²) in [6.45, 7) is 7.29. The summed E-state index contributed by atoms with van der Waals surface area (Å²) in [4.78, 5) is 2.26. The third kappa shape index (κ3) is 6.39. The zero-order valence-corrected chi connectivity index (χ0v) is 11.0. The number of hydrogen-bond donors (Lipinski definition) is 1. The standard InChI is InChI=1S/C14H23FN2/c1-12(2)16-9-4-10-17(3)11-13-5-7-14(15)8-6-13/h5-8,12,16H,4,9-11H2,1-3H3. The lowest BCUT2D eigenvalue weighted by molar-refractivity contribution is 0.318. The predicted octanol–water partition coefficient (Wildman–Crippen LogP) is 2.65. The van der Waals surface area contributed by atoms with Gasteiger partial charge in [-0.1, -0.05) is 26.0 Å². The molecule has 0 unspecified atom stereocenters. The summed E-state index contributed by atoms with van der Waals surface area (Å²) in [5.74, 6) is -0.169. The summed E-state index contributed by atoms with van der Waals surface area (Å²) < 4.78 is 12.7. The largest absolute Gasteiger partial charge is 0.314 e. The van der Waals surface area contributed by atoms with Crippen molar-refractivity contribution in [2.45, 2.75) is 32.9 Å². The molecule has 0 bridgehead atoms. The van der Waals surface area contributed by atoms with Gasteiger partial charge in [-0.15, -0.1) is 0 Å². The Bertz CT molecular complexity index is 309. The highest BCUT2D eigenvalue weighted by atomic mass is 19.1. The quantitative estimate of drug-likeness (QED) is 0.735. The molecular formula is C14H23FN2. The fourth-order valence-electron chi connectivity index (χ4n) is 1.72. The summed E-state index contributed by atoms with van der Waals surface area (Å²) >= 11 is 0. The number of halogens is 1. The molecule has 0 saturated carbocycles. The normalized spacial score (nSPS) is 11.4. The van der Waals surface area contributed by atoms with Crippen LogP contribution in [0.4, 0.5) is 4.39 Å². The Hall–Kier alpha value is -0.930. The van der Waals surface area contributed by atoms with Crippen LogP contribution >= 0.6 is 0 Å². The van der Waals surface area contributed by atoms with Gasteiger partial charge in [-0.2, -0.15) is 0 Å². The van der Waals surface area contributed by atoms with Gasteiger partial charge in [0.05, 0.1) is 0 Å². The van der Waals surface area contributed by atoms with Crippen LogP contribution in [0.25, 0.3) is 0 Å². The number of nitrogens with zero attached hydrogens (tertiary/aromatic N) is 1. The van der Waals surface area contributed by atoms with Crippen molar-refractivity contribution in [1.82, 2.24) is 10.2 Å². The van der Waals surface area contributed by atoms with Crippen molar-refractivity contribution in [3.8, 4) is 0 Å². The topological polar surface area (TPSA) is 15.3 Å². The molecule has 0 aliphatic carbocycles. The van der Waals surface area contributed by atoms with Gasteiger partial charge < -0.3 is 10.2 Å². The van der Waals surface area contributed by atoms with Crippen molar-refractivity contribution in [2.75, 3.05) is 20.1 Å². The average molecular weight is 238 g/mol. The van der Waals surface area contributed by atoms with Crippen LogP contribution in [0.15, 0.2) is 24.3 Å². The van der Waals surface area contributed by atoms with Crippen LogP contribution in [0.3, 0.4) is 0 Å². The molecule has 0 aliphatic heterocycles. The molecule has 0 heterocycles. The van der Waals surface area contributed by atoms with E-state index in [0.29, 0.717) is 6.04 Å². The minimum atomic E-state index is -0.169. The molecule has 0 spiro atoms. The van der Waals surface area contributed by atoms with Gasteiger partial charge in [-0.3, -0.25) is 0 Å². The molecule has 0 radical (unpaired) electrons. The van der Waals surface area contributed by atoms with Crippen molar-refractivity contribution < 1.29 is 4.39 Å². The van der Waals surface area contributed by atoms with Gasteiger partial charge in [0.2, 0.25) is 0 Å². The second kappa shape index (κ2) is 7.41. The number of rotatable bonds is 7. The molecule has 17 heavy (non-hydrogen) atoms. The zero-order chi connectivity index (χ0) is 12.7. The van der Waals surface area contributed by atoms with Crippen LogP contribution in [0.5, 0.6) is 0 Å². The molecule has 3 heteroatoms. The molecule has 0 fully saturated rings. The third-order valence-electron chi connectivity index (χ3n) is 2.63. The Morgan fingerprint density at radius 3 is 2.47 bits per heavy atom. The second-order valence-electron chi connectivity index (χ2n) is 4.83. The first-order chi connectivity index (χ1) is 8.08. The van der Waals surface area contributed by atoms with Crippen LogP contribution in [-0.4, -0.2) is 31.1 Å². The highest BCUT2D eigenvalue weighted by molar-refractivity contribution is 5.15. The maximum atomic E-state index is 12.7. The van der Waals surface area contributed by atoms with E-state index in [1.165, 1.54) is 12.1 Å². The third-order valence-corrected chi connectivity index (χ3v) is 2.63. The van der Waals surface area contributed by atoms with E-state index >= 15 is 0 Å². The molecule has 1 rings (SSSR count). The molecular weight excluding hydrogens is 215 g/mol. The summed E-state index contributed by atoms with van der Waals surface area (Å²) in [5, 5.41) is 3.40. The van der Waals surface area contributed by atoms with Crippen molar-refractivity contribution in [2.24, 2.45) is 0 Å². The Morgan fingerprint density at radius 1 is 1.24 bits per heavy atom. The molecule has 0 aromatic heterocycles. The molecule has 2 nitrogen and oxygen atoms in total. The van der Waals surface area contributed by atoms with E-state index in [0.717, 1.165) is 31.6 Å². The van der Waals surface area contributed by atoms with Gasteiger partial charge >= 0.3 is 0 Å². The van der Waals surface area contributed by atoms with E-state index in [4.69, 9.17) is 0 Å². The molecule has 0 saturated heterocycles. The van der Waals surface area contributed by atoms with Gasteiger partial charge in [-0.25, -0.2) is 4.39 Å². The van der Waals surface area contributed by atoms with Gasteiger partial charge in [0.25, 0.3) is 0 Å². The van der Waals surface area contributed by atoms with Crippen LogP contribution in [0.2, 0.25) is 0 Å². The summed E-state index contributed by atoms with van der Waals surface area (Å²) in [5.41, 5.74) is 1.16. The van der Waals surface area contributed by atoms with Crippen molar-refractivity contribution in [3.05, 3.63) is 35.6 Å². The van der Waals surface area contributed by atoms with Gasteiger partial charge in [0.15, 0.2) is 0 Å². The first-order valence-electron chi connectivity index (χ1n) is 6.24. The maximum Gasteiger partial charge on any atom is 0.123 e. The van der Waals surface area contributed by atoms with Crippen molar-refractivity contribution >= 4 is 0 Å². The summed E-state index contributed by atoms with van der Waals surface area (Å²) in [6, 6.07) is 7.28. The fraction of sp³-hybridized carbons (Fsp3) is 0.571. The Balaban J connectivity index is 2.20. The Labute approximate surface area is 104 Å².